The Morgan fingerprint density at radius 2 is 2.12 bits per heavy atom. The topological polar surface area (TPSA) is 94.0 Å². The van der Waals surface area contributed by atoms with Crippen molar-refractivity contribution in [1.29, 1.82) is 0 Å². The summed E-state index contributed by atoms with van der Waals surface area (Å²) in [7, 11) is 0. The van der Waals surface area contributed by atoms with E-state index in [2.05, 4.69) is 25.0 Å². The van der Waals surface area contributed by atoms with Crippen LogP contribution >= 0.6 is 0 Å². The van der Waals surface area contributed by atoms with Gasteiger partial charge in [0.25, 0.3) is 5.89 Å². The number of rotatable bonds is 3. The minimum Gasteiger partial charge on any atom is -0.355 e. The highest BCUT2D eigenvalue weighted by molar-refractivity contribution is 5.61. The van der Waals surface area contributed by atoms with Crippen LogP contribution in [0.1, 0.15) is 12.8 Å². The number of pyridine rings is 2. The van der Waals surface area contributed by atoms with Crippen molar-refractivity contribution in [2.75, 3.05) is 18.0 Å². The molecule has 2 N–H and O–H groups in total. The Bertz CT molecular complexity index is 819. The SMILES string of the molecule is NC1CCCN(c2cc(-c3nc(-c4ccccn4)no3)ccn2)C1. The van der Waals surface area contributed by atoms with Gasteiger partial charge in [-0.3, -0.25) is 4.98 Å². The minimum absolute atomic E-state index is 0.198. The Morgan fingerprint density at radius 1 is 1.17 bits per heavy atom. The highest BCUT2D eigenvalue weighted by Gasteiger charge is 2.19. The van der Waals surface area contributed by atoms with Crippen molar-refractivity contribution < 1.29 is 4.52 Å². The molecule has 1 saturated heterocycles. The summed E-state index contributed by atoms with van der Waals surface area (Å²) in [4.78, 5) is 15.3. The van der Waals surface area contributed by atoms with E-state index in [1.165, 1.54) is 0 Å². The Morgan fingerprint density at radius 3 is 2.96 bits per heavy atom. The molecule has 1 atom stereocenters. The molecular weight excluding hydrogens is 304 g/mol. The normalized spacial score (nSPS) is 17.9. The summed E-state index contributed by atoms with van der Waals surface area (Å²) in [5, 5.41) is 4.01. The van der Waals surface area contributed by atoms with Crippen LogP contribution in [0.5, 0.6) is 0 Å². The molecule has 1 aliphatic rings. The Balaban J connectivity index is 1.61. The van der Waals surface area contributed by atoms with E-state index >= 15 is 0 Å². The fourth-order valence-electron chi connectivity index (χ4n) is 2.88. The van der Waals surface area contributed by atoms with Gasteiger partial charge in [0.15, 0.2) is 0 Å². The van der Waals surface area contributed by atoms with E-state index < -0.39 is 0 Å². The largest absolute Gasteiger partial charge is 0.355 e. The number of anilines is 1. The fourth-order valence-corrected chi connectivity index (χ4v) is 2.88. The van der Waals surface area contributed by atoms with Crippen molar-refractivity contribution in [2.45, 2.75) is 18.9 Å². The van der Waals surface area contributed by atoms with E-state index in [9.17, 15) is 0 Å². The van der Waals surface area contributed by atoms with Crippen LogP contribution in [0, 0.1) is 0 Å². The van der Waals surface area contributed by atoms with Crippen LogP contribution in [-0.4, -0.2) is 39.2 Å². The molecule has 0 radical (unpaired) electrons. The molecule has 7 heteroatoms. The minimum atomic E-state index is 0.198. The van der Waals surface area contributed by atoms with Gasteiger partial charge >= 0.3 is 0 Å². The predicted octanol–water partition coefficient (Wildman–Crippen LogP) is 2.12. The van der Waals surface area contributed by atoms with E-state index in [1.54, 1.807) is 12.4 Å². The van der Waals surface area contributed by atoms with Gasteiger partial charge in [-0.2, -0.15) is 4.98 Å². The van der Waals surface area contributed by atoms with Crippen LogP contribution in [-0.2, 0) is 0 Å². The number of nitrogens with two attached hydrogens (primary N) is 1. The molecule has 24 heavy (non-hydrogen) atoms. The second kappa shape index (κ2) is 6.37. The van der Waals surface area contributed by atoms with Gasteiger partial charge in [-0.1, -0.05) is 11.2 Å². The molecule has 122 valence electrons. The standard InChI is InChI=1S/C17H18N6O/c18-13-4-3-9-23(11-13)15-10-12(6-8-20-15)17-21-16(22-24-17)14-5-1-2-7-19-14/h1-2,5-8,10,13H,3-4,9,11,18H2. The summed E-state index contributed by atoms with van der Waals surface area (Å²) in [5.41, 5.74) is 7.59. The Kier molecular flexibility index (Phi) is 3.92. The maximum atomic E-state index is 6.06. The Labute approximate surface area is 139 Å². The highest BCUT2D eigenvalue weighted by atomic mass is 16.5. The predicted molar refractivity (Wildman–Crippen MR) is 90.2 cm³/mol. The van der Waals surface area contributed by atoms with Crippen LogP contribution in [0.3, 0.4) is 0 Å². The molecule has 1 unspecified atom stereocenters. The van der Waals surface area contributed by atoms with Crippen molar-refractivity contribution in [2.24, 2.45) is 5.73 Å². The maximum absolute atomic E-state index is 6.06. The first-order valence-electron chi connectivity index (χ1n) is 8.02. The third-order valence-electron chi connectivity index (χ3n) is 4.09. The van der Waals surface area contributed by atoms with E-state index in [0.717, 1.165) is 37.3 Å². The molecule has 7 nitrogen and oxygen atoms in total. The van der Waals surface area contributed by atoms with Crippen molar-refractivity contribution in [1.82, 2.24) is 20.1 Å². The smallest absolute Gasteiger partial charge is 0.258 e. The van der Waals surface area contributed by atoms with Gasteiger partial charge in [0.2, 0.25) is 5.82 Å². The van der Waals surface area contributed by atoms with Crippen LogP contribution in [0.15, 0.2) is 47.2 Å². The molecule has 4 heterocycles. The van der Waals surface area contributed by atoms with Crippen LogP contribution in [0.4, 0.5) is 5.82 Å². The van der Waals surface area contributed by atoms with E-state index in [4.69, 9.17) is 10.3 Å². The average molecular weight is 322 g/mol. The maximum Gasteiger partial charge on any atom is 0.258 e. The number of piperidine rings is 1. The zero-order valence-corrected chi connectivity index (χ0v) is 13.2. The molecule has 0 bridgehead atoms. The number of aromatic nitrogens is 4. The first-order chi connectivity index (χ1) is 11.8. The second-order valence-corrected chi connectivity index (χ2v) is 5.89. The molecule has 1 aliphatic heterocycles. The monoisotopic (exact) mass is 322 g/mol. The van der Waals surface area contributed by atoms with Crippen molar-refractivity contribution in [3.8, 4) is 23.0 Å². The van der Waals surface area contributed by atoms with Crippen LogP contribution < -0.4 is 10.6 Å². The lowest BCUT2D eigenvalue weighted by atomic mass is 10.1. The molecule has 4 rings (SSSR count). The van der Waals surface area contributed by atoms with E-state index in [-0.39, 0.29) is 6.04 Å². The van der Waals surface area contributed by atoms with E-state index in [0.29, 0.717) is 17.4 Å². The summed E-state index contributed by atoms with van der Waals surface area (Å²) in [6, 6.07) is 9.62. The van der Waals surface area contributed by atoms with Gasteiger partial charge in [-0.25, -0.2) is 4.98 Å². The summed E-state index contributed by atoms with van der Waals surface area (Å²) < 4.78 is 5.40. The summed E-state index contributed by atoms with van der Waals surface area (Å²) in [6.07, 6.45) is 5.61. The quantitative estimate of drug-likeness (QED) is 0.789. The molecule has 0 aliphatic carbocycles. The number of nitrogens with zero attached hydrogens (tertiary/aromatic N) is 5. The molecule has 3 aromatic heterocycles. The van der Waals surface area contributed by atoms with Crippen molar-refractivity contribution in [3.05, 3.63) is 42.7 Å². The van der Waals surface area contributed by atoms with Crippen molar-refractivity contribution >= 4 is 5.82 Å². The van der Waals surface area contributed by atoms with E-state index in [1.807, 2.05) is 30.3 Å². The van der Waals surface area contributed by atoms with Gasteiger partial charge in [-0.15, -0.1) is 0 Å². The van der Waals surface area contributed by atoms with Gasteiger partial charge in [-0.05, 0) is 37.1 Å². The molecule has 0 aromatic carbocycles. The summed E-state index contributed by atoms with van der Waals surface area (Å²) >= 11 is 0. The van der Waals surface area contributed by atoms with Crippen LogP contribution in [0.25, 0.3) is 23.0 Å². The first kappa shape index (κ1) is 14.8. The molecule has 0 saturated carbocycles. The zero-order valence-electron chi connectivity index (χ0n) is 13.2. The lowest BCUT2D eigenvalue weighted by molar-refractivity contribution is 0.432. The van der Waals surface area contributed by atoms with Crippen molar-refractivity contribution in [3.63, 3.8) is 0 Å². The molecule has 1 fully saturated rings. The van der Waals surface area contributed by atoms with Gasteiger partial charge in [0, 0.05) is 37.1 Å². The van der Waals surface area contributed by atoms with Gasteiger partial charge in [0.05, 0.1) is 0 Å². The third-order valence-corrected chi connectivity index (χ3v) is 4.09. The highest BCUT2D eigenvalue weighted by Crippen LogP contribution is 2.25. The average Bonchev–Trinajstić information content (AvgIpc) is 3.13. The molecular formula is C17H18N6O. The number of hydrogen-bond donors (Lipinski definition) is 1. The summed E-state index contributed by atoms with van der Waals surface area (Å²) in [6.45, 7) is 1.78. The lowest BCUT2D eigenvalue weighted by Crippen LogP contribution is -2.43. The zero-order chi connectivity index (χ0) is 16.4. The molecule has 3 aromatic rings. The summed E-state index contributed by atoms with van der Waals surface area (Å²) in [5.74, 6) is 1.82. The third kappa shape index (κ3) is 2.98. The Hall–Kier alpha value is -2.80. The van der Waals surface area contributed by atoms with Gasteiger partial charge < -0.3 is 15.2 Å². The fraction of sp³-hybridized carbons (Fsp3) is 0.294. The van der Waals surface area contributed by atoms with Crippen LogP contribution in [0.2, 0.25) is 0 Å². The second-order valence-electron chi connectivity index (χ2n) is 5.89. The number of hydrogen-bond acceptors (Lipinski definition) is 7. The first-order valence-corrected chi connectivity index (χ1v) is 8.02. The lowest BCUT2D eigenvalue weighted by Gasteiger charge is -2.31. The molecule has 0 spiro atoms. The molecule has 0 amide bonds. The van der Waals surface area contributed by atoms with Gasteiger partial charge in [0.1, 0.15) is 11.5 Å².